The molecule has 0 aliphatic heterocycles. The summed E-state index contributed by atoms with van der Waals surface area (Å²) in [6.45, 7) is 2.13. The van der Waals surface area contributed by atoms with Crippen LogP contribution in [0.2, 0.25) is 0 Å². The third-order valence-electron chi connectivity index (χ3n) is 2.48. The van der Waals surface area contributed by atoms with Crippen molar-refractivity contribution in [3.63, 3.8) is 0 Å². The van der Waals surface area contributed by atoms with Crippen molar-refractivity contribution in [2.24, 2.45) is 0 Å². The Morgan fingerprint density at radius 1 is 1.44 bits per heavy atom. The van der Waals surface area contributed by atoms with Crippen molar-refractivity contribution < 1.29 is 14.3 Å². The highest BCUT2D eigenvalue weighted by Gasteiger charge is 2.20. The number of anilines is 1. The van der Waals surface area contributed by atoms with Gasteiger partial charge in [0.25, 0.3) is 5.91 Å². The molecule has 98 valence electrons. The molecule has 6 heteroatoms. The number of ether oxygens (including phenoxy) is 1. The number of esters is 1. The second kappa shape index (κ2) is 6.39. The minimum absolute atomic E-state index is 0.0763. The molecule has 1 aromatic rings. The van der Waals surface area contributed by atoms with Crippen molar-refractivity contribution in [1.29, 1.82) is 0 Å². The Morgan fingerprint density at radius 3 is 2.67 bits per heavy atom. The maximum absolute atomic E-state index is 12.2. The number of nitrogens with two attached hydrogens (primary N) is 1. The van der Waals surface area contributed by atoms with E-state index in [0.29, 0.717) is 22.3 Å². The predicted molar refractivity (Wildman–Crippen MR) is 72.1 cm³/mol. The average Bonchev–Trinajstić information content (AvgIpc) is 2.38. The highest BCUT2D eigenvalue weighted by atomic mass is 79.9. The topological polar surface area (TPSA) is 72.6 Å². The number of nitrogens with zero attached hydrogens (tertiary/aromatic N) is 1. The fourth-order valence-electron chi connectivity index (χ4n) is 1.43. The smallest absolute Gasteiger partial charge is 0.325 e. The van der Waals surface area contributed by atoms with Crippen LogP contribution in [-0.2, 0) is 9.53 Å². The zero-order valence-corrected chi connectivity index (χ0v) is 11.9. The molecule has 0 radical (unpaired) electrons. The molecule has 5 nitrogen and oxygen atoms in total. The molecule has 0 fully saturated rings. The van der Waals surface area contributed by atoms with Crippen molar-refractivity contribution in [2.75, 3.05) is 25.9 Å². The van der Waals surface area contributed by atoms with Crippen LogP contribution in [0.15, 0.2) is 22.7 Å². The monoisotopic (exact) mass is 314 g/mol. The molecule has 0 aliphatic carbocycles. The molecule has 0 atom stereocenters. The van der Waals surface area contributed by atoms with E-state index in [1.165, 1.54) is 12.0 Å². The van der Waals surface area contributed by atoms with Crippen molar-refractivity contribution in [1.82, 2.24) is 4.90 Å². The Kier molecular flexibility index (Phi) is 5.15. The molecule has 0 saturated heterocycles. The second-order valence-electron chi connectivity index (χ2n) is 3.60. The van der Waals surface area contributed by atoms with Crippen molar-refractivity contribution in [3.8, 4) is 0 Å². The molecule has 0 bridgehead atoms. The highest BCUT2D eigenvalue weighted by molar-refractivity contribution is 9.10. The van der Waals surface area contributed by atoms with Crippen LogP contribution >= 0.6 is 15.9 Å². The number of nitrogen functional groups attached to an aromatic ring is 1. The molecule has 0 saturated carbocycles. The minimum atomic E-state index is -0.453. The third-order valence-corrected chi connectivity index (χ3v) is 3.36. The summed E-state index contributed by atoms with van der Waals surface area (Å²) < 4.78 is 5.09. The number of hydrogen-bond acceptors (Lipinski definition) is 4. The lowest BCUT2D eigenvalue weighted by molar-refractivity contribution is -0.141. The van der Waals surface area contributed by atoms with E-state index >= 15 is 0 Å². The normalized spacial score (nSPS) is 9.94. The molecule has 1 aromatic carbocycles. The maximum Gasteiger partial charge on any atom is 0.325 e. The Bertz CT molecular complexity index is 463. The van der Waals surface area contributed by atoms with Crippen molar-refractivity contribution in [3.05, 3.63) is 28.2 Å². The first-order chi connectivity index (χ1) is 8.51. The number of halogens is 1. The van der Waals surface area contributed by atoms with Crippen LogP contribution in [0.3, 0.4) is 0 Å². The fraction of sp³-hybridized carbons (Fsp3) is 0.333. The summed E-state index contributed by atoms with van der Waals surface area (Å²) >= 11 is 3.27. The predicted octanol–water partition coefficient (Wildman–Crippen LogP) is 1.67. The SMILES string of the molecule is CCN(CC(=O)OC)C(=O)c1cccc(N)c1Br. The van der Waals surface area contributed by atoms with E-state index in [2.05, 4.69) is 20.7 Å². The molecule has 0 unspecified atom stereocenters. The van der Waals surface area contributed by atoms with Crippen LogP contribution in [0.4, 0.5) is 5.69 Å². The molecular weight excluding hydrogens is 300 g/mol. The first kappa shape index (κ1) is 14.5. The van der Waals surface area contributed by atoms with Gasteiger partial charge in [0.15, 0.2) is 0 Å². The van der Waals surface area contributed by atoms with E-state index in [0.717, 1.165) is 0 Å². The molecule has 1 rings (SSSR count). The lowest BCUT2D eigenvalue weighted by Gasteiger charge is -2.20. The van der Waals surface area contributed by atoms with Crippen LogP contribution in [-0.4, -0.2) is 37.0 Å². The molecular formula is C12H15BrN2O3. The first-order valence-corrected chi connectivity index (χ1v) is 6.20. The maximum atomic E-state index is 12.2. The number of carbonyl (C=O) groups is 2. The number of carbonyl (C=O) groups excluding carboxylic acids is 2. The Labute approximate surface area is 114 Å². The number of amides is 1. The summed E-state index contributed by atoms with van der Waals surface area (Å²) in [4.78, 5) is 24.8. The van der Waals surface area contributed by atoms with Gasteiger partial charge < -0.3 is 15.4 Å². The lowest BCUT2D eigenvalue weighted by Crippen LogP contribution is -2.36. The van der Waals surface area contributed by atoms with Gasteiger partial charge in [-0.2, -0.15) is 0 Å². The second-order valence-corrected chi connectivity index (χ2v) is 4.40. The van der Waals surface area contributed by atoms with Gasteiger partial charge in [-0.1, -0.05) is 6.07 Å². The van der Waals surface area contributed by atoms with E-state index in [4.69, 9.17) is 5.73 Å². The van der Waals surface area contributed by atoms with Crippen LogP contribution in [0.1, 0.15) is 17.3 Å². The first-order valence-electron chi connectivity index (χ1n) is 5.41. The van der Waals surface area contributed by atoms with Crippen molar-refractivity contribution >= 4 is 33.5 Å². The van der Waals surface area contributed by atoms with Gasteiger partial charge in [-0.15, -0.1) is 0 Å². The number of hydrogen-bond donors (Lipinski definition) is 1. The summed E-state index contributed by atoms with van der Waals surface area (Å²) in [5.74, 6) is -0.715. The van der Waals surface area contributed by atoms with Gasteiger partial charge in [-0.05, 0) is 35.0 Å². The molecule has 1 amide bonds. The third kappa shape index (κ3) is 3.22. The van der Waals surface area contributed by atoms with E-state index < -0.39 is 5.97 Å². The van der Waals surface area contributed by atoms with Crippen LogP contribution in [0.5, 0.6) is 0 Å². The summed E-state index contributed by atoms with van der Waals surface area (Å²) in [6, 6.07) is 5.04. The molecule has 18 heavy (non-hydrogen) atoms. The van der Waals surface area contributed by atoms with Gasteiger partial charge in [-0.3, -0.25) is 9.59 Å². The molecule has 0 aliphatic rings. The quantitative estimate of drug-likeness (QED) is 0.677. The van der Waals surface area contributed by atoms with Gasteiger partial charge >= 0.3 is 5.97 Å². The summed E-state index contributed by atoms with van der Waals surface area (Å²) in [7, 11) is 1.29. The van der Waals surface area contributed by atoms with E-state index in [1.807, 2.05) is 0 Å². The van der Waals surface area contributed by atoms with Gasteiger partial charge in [0.1, 0.15) is 6.54 Å². The standard InChI is InChI=1S/C12H15BrN2O3/c1-3-15(7-10(16)18-2)12(17)8-5-4-6-9(14)11(8)13/h4-6H,3,7,14H2,1-2H3. The highest BCUT2D eigenvalue weighted by Crippen LogP contribution is 2.24. The van der Waals surface area contributed by atoms with E-state index in [9.17, 15) is 9.59 Å². The minimum Gasteiger partial charge on any atom is -0.468 e. The van der Waals surface area contributed by atoms with Crippen LogP contribution < -0.4 is 5.73 Å². The van der Waals surface area contributed by atoms with E-state index in [-0.39, 0.29) is 12.5 Å². The number of rotatable bonds is 4. The van der Waals surface area contributed by atoms with Gasteiger partial charge in [-0.25, -0.2) is 0 Å². The summed E-state index contributed by atoms with van der Waals surface area (Å²) in [5, 5.41) is 0. The Morgan fingerprint density at radius 2 is 2.11 bits per heavy atom. The van der Waals surface area contributed by atoms with Crippen molar-refractivity contribution in [2.45, 2.75) is 6.92 Å². The number of benzene rings is 1. The van der Waals surface area contributed by atoms with Crippen LogP contribution in [0.25, 0.3) is 0 Å². The molecule has 0 spiro atoms. The zero-order valence-electron chi connectivity index (χ0n) is 10.3. The average molecular weight is 315 g/mol. The van der Waals surface area contributed by atoms with Crippen LogP contribution in [0, 0.1) is 0 Å². The lowest BCUT2D eigenvalue weighted by atomic mass is 10.1. The molecule has 0 heterocycles. The molecule has 2 N–H and O–H groups in total. The molecule has 0 aromatic heterocycles. The Balaban J connectivity index is 2.97. The van der Waals surface area contributed by atoms with Gasteiger partial charge in [0.05, 0.1) is 17.1 Å². The summed E-state index contributed by atoms with van der Waals surface area (Å²) in [6.07, 6.45) is 0. The largest absolute Gasteiger partial charge is 0.468 e. The van der Waals surface area contributed by atoms with E-state index in [1.54, 1.807) is 25.1 Å². The fourth-order valence-corrected chi connectivity index (χ4v) is 1.87. The van der Waals surface area contributed by atoms with Gasteiger partial charge in [0, 0.05) is 12.2 Å². The Hall–Kier alpha value is -1.56. The zero-order chi connectivity index (χ0) is 13.7. The summed E-state index contributed by atoms with van der Waals surface area (Å²) in [5.41, 5.74) is 6.63. The van der Waals surface area contributed by atoms with Gasteiger partial charge in [0.2, 0.25) is 0 Å². The number of methoxy groups -OCH3 is 1. The number of likely N-dealkylation sites (N-methyl/N-ethyl adjacent to an activating group) is 1.